The van der Waals surface area contributed by atoms with Gasteiger partial charge < -0.3 is 8.98 Å². The maximum absolute atomic E-state index is 6.39. The second kappa shape index (κ2) is 13.1. The molecule has 0 spiro atoms. The summed E-state index contributed by atoms with van der Waals surface area (Å²) in [6.07, 6.45) is 0. The fourth-order valence-electron chi connectivity index (χ4n) is 9.54. The average Bonchev–Trinajstić information content (AvgIpc) is 3.99. The smallest absolute Gasteiger partial charge is 0.235 e. The first-order valence-electron chi connectivity index (χ1n) is 20.7. The normalized spacial score (nSPS) is 11.9. The highest BCUT2D eigenvalue weighted by molar-refractivity contribution is 6.13. The molecule has 13 rings (SSSR count). The molecule has 9 aromatic carbocycles. The fourth-order valence-corrected chi connectivity index (χ4v) is 9.54. The molecular formula is C56H34N4O. The van der Waals surface area contributed by atoms with Gasteiger partial charge in [0.15, 0.2) is 0 Å². The van der Waals surface area contributed by atoms with Crippen molar-refractivity contribution in [3.05, 3.63) is 206 Å². The lowest BCUT2D eigenvalue weighted by Crippen LogP contribution is -2.03. The van der Waals surface area contributed by atoms with Crippen molar-refractivity contribution in [2.75, 3.05) is 0 Å². The lowest BCUT2D eigenvalue weighted by atomic mass is 9.99. The molecule has 0 amide bonds. The van der Waals surface area contributed by atoms with Gasteiger partial charge >= 0.3 is 0 Å². The van der Waals surface area contributed by atoms with Crippen molar-refractivity contribution in [2.45, 2.75) is 0 Å². The number of aromatic nitrogens is 4. The maximum Gasteiger partial charge on any atom is 0.235 e. The van der Waals surface area contributed by atoms with Gasteiger partial charge in [0.05, 0.1) is 33.3 Å². The SMILES string of the molecule is c1ccc(-n2c3ccccc3c3cc(-c4ccc5c(c4)c4ccccc4n5-c4nc(-c5ccc(-c6cccc7c6oc6ccccc67)cc5)c5ccccc5n4)ccc32)cc1. The van der Waals surface area contributed by atoms with Crippen molar-refractivity contribution in [1.82, 2.24) is 19.1 Å². The van der Waals surface area contributed by atoms with Crippen LogP contribution in [0.15, 0.2) is 211 Å². The van der Waals surface area contributed by atoms with Gasteiger partial charge in [-0.05, 0) is 77.4 Å². The Balaban J connectivity index is 0.944. The van der Waals surface area contributed by atoms with Gasteiger partial charge in [-0.25, -0.2) is 9.97 Å². The first kappa shape index (κ1) is 33.7. The van der Waals surface area contributed by atoms with Crippen molar-refractivity contribution in [3.63, 3.8) is 0 Å². The number of fused-ring (bicyclic) bond motifs is 10. The van der Waals surface area contributed by atoms with Crippen molar-refractivity contribution in [3.8, 4) is 45.1 Å². The van der Waals surface area contributed by atoms with Gasteiger partial charge in [0.25, 0.3) is 0 Å². The standard InChI is InChI=1S/C56H34N4O/c1-2-13-39(14-3-1)59-49-22-9-5-15-41(49)46-33-37(29-31-51(46)59)38-30-32-52-47(34-38)42-16-6-10-23-50(42)60(52)56-57-48-21-8-4-18-45(48)54(58-56)36-27-25-35(26-28-36)40-19-12-20-44-43-17-7-11-24-53(43)61-55(40)44/h1-34H. The van der Waals surface area contributed by atoms with Crippen LogP contribution in [-0.2, 0) is 0 Å². The third kappa shape index (κ3) is 5.14. The van der Waals surface area contributed by atoms with Gasteiger partial charge in [-0.15, -0.1) is 0 Å². The van der Waals surface area contributed by atoms with Crippen LogP contribution >= 0.6 is 0 Å². The minimum atomic E-state index is 0.638. The third-order valence-corrected chi connectivity index (χ3v) is 12.4. The molecule has 0 radical (unpaired) electrons. The first-order valence-corrected chi connectivity index (χ1v) is 20.7. The van der Waals surface area contributed by atoms with Gasteiger partial charge in [0, 0.05) is 54.5 Å². The minimum Gasteiger partial charge on any atom is -0.455 e. The summed E-state index contributed by atoms with van der Waals surface area (Å²) >= 11 is 0. The Morgan fingerprint density at radius 3 is 1.62 bits per heavy atom. The molecule has 0 fully saturated rings. The van der Waals surface area contributed by atoms with Crippen LogP contribution in [0.2, 0.25) is 0 Å². The molecule has 5 nitrogen and oxygen atoms in total. The van der Waals surface area contributed by atoms with Gasteiger partial charge in [0.1, 0.15) is 11.2 Å². The molecule has 61 heavy (non-hydrogen) atoms. The van der Waals surface area contributed by atoms with Gasteiger partial charge in [-0.3, -0.25) is 4.57 Å². The largest absolute Gasteiger partial charge is 0.455 e. The highest BCUT2D eigenvalue weighted by atomic mass is 16.3. The zero-order valence-electron chi connectivity index (χ0n) is 32.8. The lowest BCUT2D eigenvalue weighted by molar-refractivity contribution is 0.670. The summed E-state index contributed by atoms with van der Waals surface area (Å²) in [4.78, 5) is 10.6. The Kier molecular flexibility index (Phi) is 7.24. The lowest BCUT2D eigenvalue weighted by Gasteiger charge is -2.12. The molecule has 0 bridgehead atoms. The fraction of sp³-hybridized carbons (Fsp3) is 0. The van der Waals surface area contributed by atoms with Crippen molar-refractivity contribution < 1.29 is 4.42 Å². The van der Waals surface area contributed by atoms with E-state index < -0.39 is 0 Å². The number of para-hydroxylation sites is 6. The van der Waals surface area contributed by atoms with Crippen LogP contribution in [0.25, 0.3) is 122 Å². The molecule has 0 aliphatic carbocycles. The number of benzene rings is 9. The van der Waals surface area contributed by atoms with Crippen molar-refractivity contribution >= 4 is 76.5 Å². The number of furan rings is 1. The summed E-state index contributed by atoms with van der Waals surface area (Å²) in [5.41, 5.74) is 14.8. The first-order chi connectivity index (χ1) is 30.2. The molecule has 0 saturated heterocycles. The summed E-state index contributed by atoms with van der Waals surface area (Å²) < 4.78 is 11.0. The van der Waals surface area contributed by atoms with E-state index in [-0.39, 0.29) is 0 Å². The number of hydrogen-bond acceptors (Lipinski definition) is 3. The van der Waals surface area contributed by atoms with Crippen molar-refractivity contribution in [1.29, 1.82) is 0 Å². The highest BCUT2D eigenvalue weighted by Crippen LogP contribution is 2.40. The predicted octanol–water partition coefficient (Wildman–Crippen LogP) is 14.7. The van der Waals surface area contributed by atoms with E-state index >= 15 is 0 Å². The van der Waals surface area contributed by atoms with E-state index in [9.17, 15) is 0 Å². The van der Waals surface area contributed by atoms with Gasteiger partial charge in [0.2, 0.25) is 5.95 Å². The van der Waals surface area contributed by atoms with E-state index in [1.54, 1.807) is 0 Å². The molecule has 0 atom stereocenters. The summed E-state index contributed by atoms with van der Waals surface area (Å²) in [5, 5.41) is 8.04. The molecule has 0 aliphatic rings. The predicted molar refractivity (Wildman–Crippen MR) is 252 cm³/mol. The van der Waals surface area contributed by atoms with E-state index in [0.29, 0.717) is 5.95 Å². The Hall–Kier alpha value is -8.28. The van der Waals surface area contributed by atoms with Crippen LogP contribution < -0.4 is 0 Å². The zero-order chi connectivity index (χ0) is 40.0. The number of hydrogen-bond donors (Lipinski definition) is 0. The summed E-state index contributed by atoms with van der Waals surface area (Å²) in [5.74, 6) is 0.638. The molecule has 5 heteroatoms. The van der Waals surface area contributed by atoms with Crippen LogP contribution in [-0.4, -0.2) is 19.1 Å². The second-order valence-corrected chi connectivity index (χ2v) is 15.8. The van der Waals surface area contributed by atoms with Crippen LogP contribution in [0, 0.1) is 0 Å². The van der Waals surface area contributed by atoms with E-state index in [4.69, 9.17) is 14.4 Å². The van der Waals surface area contributed by atoms with Crippen LogP contribution in [0.4, 0.5) is 0 Å². The molecule has 13 aromatic rings. The Morgan fingerprint density at radius 2 is 0.885 bits per heavy atom. The maximum atomic E-state index is 6.39. The van der Waals surface area contributed by atoms with Crippen LogP contribution in [0.5, 0.6) is 0 Å². The Bertz CT molecular complexity index is 3870. The van der Waals surface area contributed by atoms with Crippen LogP contribution in [0.3, 0.4) is 0 Å². The van der Waals surface area contributed by atoms with Crippen molar-refractivity contribution in [2.24, 2.45) is 0 Å². The monoisotopic (exact) mass is 778 g/mol. The van der Waals surface area contributed by atoms with Gasteiger partial charge in [-0.1, -0.05) is 146 Å². The zero-order valence-corrected chi connectivity index (χ0v) is 32.8. The highest BCUT2D eigenvalue weighted by Gasteiger charge is 2.20. The Morgan fingerprint density at radius 1 is 0.344 bits per heavy atom. The van der Waals surface area contributed by atoms with Gasteiger partial charge in [-0.2, -0.15) is 0 Å². The van der Waals surface area contributed by atoms with E-state index in [0.717, 1.165) is 88.3 Å². The molecule has 0 saturated carbocycles. The summed E-state index contributed by atoms with van der Waals surface area (Å²) in [7, 11) is 0. The number of nitrogens with zero attached hydrogens (tertiary/aromatic N) is 4. The summed E-state index contributed by atoms with van der Waals surface area (Å²) in [6, 6.07) is 73.1. The second-order valence-electron chi connectivity index (χ2n) is 15.8. The molecular weight excluding hydrogens is 745 g/mol. The third-order valence-electron chi connectivity index (χ3n) is 12.4. The molecule has 0 aliphatic heterocycles. The molecule has 0 unspecified atom stereocenters. The quantitative estimate of drug-likeness (QED) is 0.175. The molecule has 284 valence electrons. The minimum absolute atomic E-state index is 0.638. The topological polar surface area (TPSA) is 48.8 Å². The molecule has 0 N–H and O–H groups in total. The average molecular weight is 779 g/mol. The molecule has 4 heterocycles. The Labute approximate surface area is 350 Å². The summed E-state index contributed by atoms with van der Waals surface area (Å²) in [6.45, 7) is 0. The van der Waals surface area contributed by atoms with E-state index in [1.807, 2.05) is 18.2 Å². The molecule has 4 aromatic heterocycles. The van der Waals surface area contributed by atoms with E-state index in [2.05, 4.69) is 197 Å². The number of rotatable bonds is 5. The van der Waals surface area contributed by atoms with Crippen LogP contribution in [0.1, 0.15) is 0 Å². The van der Waals surface area contributed by atoms with E-state index in [1.165, 1.54) is 27.4 Å².